The van der Waals surface area contributed by atoms with Gasteiger partial charge in [-0.25, -0.2) is 18.6 Å². The average Bonchev–Trinajstić information content (AvgIpc) is 3.77. The molecular weight excluding hydrogens is 799 g/mol. The molecule has 4 aliphatic rings. The second-order valence-corrected chi connectivity index (χ2v) is 19.5. The van der Waals surface area contributed by atoms with Crippen molar-refractivity contribution >= 4 is 14.4 Å². The first kappa shape index (κ1) is 45.7. The van der Waals surface area contributed by atoms with Gasteiger partial charge in [0.15, 0.2) is 0 Å². The molecule has 0 nitrogen and oxygen atoms in total. The van der Waals surface area contributed by atoms with Crippen molar-refractivity contribution in [1.82, 2.24) is 0 Å². The van der Waals surface area contributed by atoms with Crippen molar-refractivity contribution in [3.05, 3.63) is 171 Å². The van der Waals surface area contributed by atoms with Gasteiger partial charge in [-0.05, 0) is 70.2 Å². The Balaban J connectivity index is 0.000000205. The van der Waals surface area contributed by atoms with E-state index in [2.05, 4.69) is 193 Å². The quantitative estimate of drug-likeness (QED) is 0.162. The van der Waals surface area contributed by atoms with Gasteiger partial charge in [0.05, 0.1) is 0 Å². The van der Waals surface area contributed by atoms with Crippen molar-refractivity contribution in [3.8, 4) is 11.1 Å². The van der Waals surface area contributed by atoms with Crippen LogP contribution in [0.4, 0.5) is 0 Å². The van der Waals surface area contributed by atoms with Crippen molar-refractivity contribution in [2.75, 3.05) is 0 Å². The Morgan fingerprint density at radius 3 is 1.70 bits per heavy atom. The van der Waals surface area contributed by atoms with E-state index in [0.29, 0.717) is 11.3 Å². The molecule has 4 aromatic rings. The Kier molecular flexibility index (Phi) is 14.6. The number of rotatable bonds is 3. The summed E-state index contributed by atoms with van der Waals surface area (Å²) in [6.07, 6.45) is 18.3. The summed E-state index contributed by atoms with van der Waals surface area (Å²) in [7, 11) is 0. The Labute approximate surface area is 367 Å². The Hall–Kier alpha value is -2.96. The first-order chi connectivity index (χ1) is 25.4. The third-order valence-electron chi connectivity index (χ3n) is 11.9. The van der Waals surface area contributed by atoms with Gasteiger partial charge < -0.3 is 24.8 Å². The molecule has 0 spiro atoms. The number of benzene rings is 4. The van der Waals surface area contributed by atoms with Crippen LogP contribution in [0.15, 0.2) is 103 Å². The van der Waals surface area contributed by atoms with Gasteiger partial charge in [-0.2, -0.15) is 17.2 Å². The molecule has 0 bridgehead atoms. The smallest absolute Gasteiger partial charge is 1.00 e. The maximum atomic E-state index is 3.35. The normalized spacial score (nSPS) is 17.5. The first-order valence-electron chi connectivity index (χ1n) is 20.0. The van der Waals surface area contributed by atoms with Gasteiger partial charge in [0.1, 0.15) is 0 Å². The minimum atomic E-state index is 0. The molecule has 0 N–H and O–H groups in total. The number of fused-ring (bicyclic) bond motifs is 5. The van der Waals surface area contributed by atoms with Crippen LogP contribution in [0.2, 0.25) is 0 Å². The van der Waals surface area contributed by atoms with E-state index in [9.17, 15) is 0 Å². The minimum Gasteiger partial charge on any atom is -1.00 e. The van der Waals surface area contributed by atoms with Crippen LogP contribution in [0.25, 0.3) is 22.3 Å². The van der Waals surface area contributed by atoms with Crippen LogP contribution < -0.4 is 24.8 Å². The predicted molar refractivity (Wildman–Crippen MR) is 232 cm³/mol. The Bertz CT molecular complexity index is 2060. The van der Waals surface area contributed by atoms with Gasteiger partial charge in [0.25, 0.3) is 0 Å². The van der Waals surface area contributed by atoms with Crippen LogP contribution >= 0.6 is 0 Å². The van der Waals surface area contributed by atoms with Gasteiger partial charge in [-0.3, -0.25) is 6.08 Å². The van der Waals surface area contributed by atoms with Crippen molar-refractivity contribution in [1.29, 1.82) is 0 Å². The molecule has 1 atom stereocenters. The number of halogens is 2. The molecule has 0 aromatic heterocycles. The first-order valence-corrected chi connectivity index (χ1v) is 21.2. The number of hydrogen-bond acceptors (Lipinski definition) is 0. The monoisotopic (exact) mass is 856 g/mol. The fourth-order valence-corrected chi connectivity index (χ4v) is 8.81. The van der Waals surface area contributed by atoms with E-state index in [0.717, 1.165) is 12.8 Å². The van der Waals surface area contributed by atoms with Crippen LogP contribution in [-0.4, -0.2) is 3.21 Å². The molecule has 4 aromatic carbocycles. The SMILES string of the molecule is CC1=C[CH-]C(C)(C)c2cc3c(cc21)-c1cc2c(cc1C3)C(C)(C)CC=C2C.CCC1[C-]=CC(C(C)(C)C)=C1.Cc1ccc([C](=[Zr+2])c2ccc(C)cc2)cc1.[Cl-].[Cl-]. The van der Waals surface area contributed by atoms with E-state index in [1.54, 1.807) is 0 Å². The minimum absolute atomic E-state index is 0. The van der Waals surface area contributed by atoms with Gasteiger partial charge in [0.2, 0.25) is 0 Å². The molecule has 0 fully saturated rings. The van der Waals surface area contributed by atoms with E-state index >= 15 is 0 Å². The standard InChI is InChI=1S/C27H29.C15H14.C11H17.2ClH.Zr/c1-16-7-9-26(3,4)24-12-18-11-19-13-25-21(17(2)8-10-27(25,5)6)15-23(19)22(18)14-20(16)24;1-12-3-7-14(8-4-12)11-15-9-5-13(2)6-10-15;1-5-9-6-7-10(8-9)11(2,3)4;;;/h7-9,12-15H,10-11H2,1-6H3;3-10H,1-2H3;7-9H,5H2,1-4H3;2*1H;/q-1;;-1;;;+2/p-2. The van der Waals surface area contributed by atoms with Crippen LogP contribution in [-0.2, 0) is 41.5 Å². The third-order valence-corrected chi connectivity index (χ3v) is 13.3. The van der Waals surface area contributed by atoms with E-state index < -0.39 is 0 Å². The molecule has 0 amide bonds. The van der Waals surface area contributed by atoms with Crippen molar-refractivity contribution in [3.63, 3.8) is 0 Å². The summed E-state index contributed by atoms with van der Waals surface area (Å²) >= 11 is 1.46. The summed E-state index contributed by atoms with van der Waals surface area (Å²) in [6, 6.07) is 27.5. The summed E-state index contributed by atoms with van der Waals surface area (Å²) in [5.41, 5.74) is 22.0. The largest absolute Gasteiger partial charge is 1.00 e. The molecule has 4 aliphatic carbocycles. The zero-order valence-corrected chi connectivity index (χ0v) is 39.7. The Morgan fingerprint density at radius 2 is 1.23 bits per heavy atom. The molecule has 56 heavy (non-hydrogen) atoms. The van der Waals surface area contributed by atoms with Crippen molar-refractivity contribution < 1.29 is 49.0 Å². The molecule has 0 saturated carbocycles. The van der Waals surface area contributed by atoms with E-state index in [4.69, 9.17) is 0 Å². The summed E-state index contributed by atoms with van der Waals surface area (Å²) in [6.45, 7) is 27.1. The van der Waals surface area contributed by atoms with E-state index in [1.165, 1.54) is 117 Å². The number of allylic oxidation sites excluding steroid dienone is 8. The maximum absolute atomic E-state index is 3.35. The fourth-order valence-electron chi connectivity index (χ4n) is 7.99. The second kappa shape index (κ2) is 17.9. The maximum Gasteiger partial charge on any atom is -1.00 e. The molecule has 1 unspecified atom stereocenters. The molecule has 3 heteroatoms. The number of hydrogen-bond donors (Lipinski definition) is 0. The molecule has 0 aliphatic heterocycles. The zero-order chi connectivity index (χ0) is 39.2. The summed E-state index contributed by atoms with van der Waals surface area (Å²) in [5.74, 6) is 0.573. The summed E-state index contributed by atoms with van der Waals surface area (Å²) in [4.78, 5) is 0. The van der Waals surface area contributed by atoms with Crippen molar-refractivity contribution in [2.45, 2.75) is 113 Å². The fraction of sp³-hybridized carbons (Fsp3) is 0.358. The van der Waals surface area contributed by atoms with Crippen molar-refractivity contribution in [2.24, 2.45) is 11.3 Å². The van der Waals surface area contributed by atoms with Gasteiger partial charge in [-0.15, -0.1) is 12.5 Å². The van der Waals surface area contributed by atoms with Gasteiger partial charge in [0, 0.05) is 0 Å². The average molecular weight is 859 g/mol. The molecule has 292 valence electrons. The van der Waals surface area contributed by atoms with Crippen LogP contribution in [0, 0.1) is 37.7 Å². The van der Waals surface area contributed by atoms with E-state index in [-0.39, 0.29) is 35.6 Å². The molecule has 0 heterocycles. The predicted octanol–water partition coefficient (Wildman–Crippen LogP) is 8.03. The summed E-state index contributed by atoms with van der Waals surface area (Å²) < 4.78 is 1.42. The number of aryl methyl sites for hydroxylation is 2. The van der Waals surface area contributed by atoms with Crippen LogP contribution in [0.5, 0.6) is 0 Å². The molecule has 8 rings (SSSR count). The van der Waals surface area contributed by atoms with E-state index in [1.807, 2.05) is 0 Å². The Morgan fingerprint density at radius 1 is 0.732 bits per heavy atom. The topological polar surface area (TPSA) is 0 Å². The second-order valence-electron chi connectivity index (χ2n) is 18.3. The third kappa shape index (κ3) is 9.83. The summed E-state index contributed by atoms with van der Waals surface area (Å²) in [5, 5.41) is 0. The molecular formula is C53H60Cl2Zr-2. The van der Waals surface area contributed by atoms with Gasteiger partial charge in [-0.1, -0.05) is 108 Å². The van der Waals surface area contributed by atoms with Crippen LogP contribution in [0.3, 0.4) is 0 Å². The van der Waals surface area contributed by atoms with Gasteiger partial charge >= 0.3 is 112 Å². The molecule has 0 radical (unpaired) electrons. The van der Waals surface area contributed by atoms with Crippen LogP contribution in [0.1, 0.15) is 138 Å². The zero-order valence-electron chi connectivity index (χ0n) is 35.8. The molecule has 0 saturated heterocycles.